The van der Waals surface area contributed by atoms with Crippen molar-refractivity contribution in [2.75, 3.05) is 37.4 Å². The van der Waals surface area contributed by atoms with Crippen LogP contribution in [0.4, 0.5) is 26.1 Å². The van der Waals surface area contributed by atoms with E-state index in [0.29, 0.717) is 5.56 Å². The molecule has 0 bridgehead atoms. The Hall–Kier alpha value is -3.92. The number of benzene rings is 1. The van der Waals surface area contributed by atoms with E-state index in [1.807, 2.05) is 4.72 Å². The quantitative estimate of drug-likeness (QED) is 0.192. The van der Waals surface area contributed by atoms with Gasteiger partial charge in [-0.3, -0.25) is 23.7 Å². The van der Waals surface area contributed by atoms with Gasteiger partial charge in [0.2, 0.25) is 0 Å². The zero-order chi connectivity index (χ0) is 28.7. The van der Waals surface area contributed by atoms with Crippen molar-refractivity contribution in [2.45, 2.75) is 13.3 Å². The molecule has 210 valence electrons. The van der Waals surface area contributed by atoms with Crippen molar-refractivity contribution in [1.82, 2.24) is 19.8 Å². The Morgan fingerprint density at radius 1 is 1.13 bits per heavy atom. The molecule has 0 fully saturated rings. The normalized spacial score (nSPS) is 11.3. The molecule has 0 aliphatic carbocycles. The second-order valence-electron chi connectivity index (χ2n) is 8.34. The van der Waals surface area contributed by atoms with Crippen molar-refractivity contribution in [1.29, 1.82) is 0 Å². The van der Waals surface area contributed by atoms with E-state index in [0.717, 1.165) is 4.57 Å². The third-order valence-electron chi connectivity index (χ3n) is 5.48. The Bertz CT molecular complexity index is 1530. The molecule has 0 atom stereocenters. The maximum Gasteiger partial charge on any atom is 0.300 e. The molecule has 0 unspecified atom stereocenters. The minimum atomic E-state index is -4.15. The van der Waals surface area contributed by atoms with Crippen molar-refractivity contribution in [3.05, 3.63) is 80.8 Å². The molecule has 1 aromatic carbocycles. The number of nitrogens with zero attached hydrogens (tertiary/aromatic N) is 2. The number of amides is 1. The van der Waals surface area contributed by atoms with Crippen LogP contribution in [0.3, 0.4) is 0 Å². The largest absolute Gasteiger partial charge is 0.383 e. The number of hydrogen-bond acceptors (Lipinski definition) is 8. The molecule has 2 heterocycles. The average molecular weight is 567 g/mol. The molecule has 0 aliphatic heterocycles. The first-order chi connectivity index (χ1) is 18.5. The van der Waals surface area contributed by atoms with Crippen LogP contribution in [0.5, 0.6) is 0 Å². The number of carbonyl (C=O) groups excluding carboxylic acids is 1. The van der Waals surface area contributed by atoms with Crippen LogP contribution in [0.1, 0.15) is 27.0 Å². The molecule has 0 saturated heterocycles. The zero-order valence-electron chi connectivity index (χ0n) is 21.6. The standard InChI is InChI=1S/C24H28F2N6O6S/c1-14-5-6-19(18(25)11-14)29-22-17(23(33)30-38-4)13-16(24(34)32(22)2)12-15-7-8-27-21(20(15)26)31-39(35,36)28-9-10-37-3/h5-8,11,13,28-29H,9-10,12H2,1-4H3,(H,27,31)(H,30,33). The van der Waals surface area contributed by atoms with Gasteiger partial charge in [-0.25, -0.2) is 19.2 Å². The fourth-order valence-electron chi connectivity index (χ4n) is 3.59. The molecule has 12 nitrogen and oxygen atoms in total. The molecular formula is C24H28F2N6O6S. The molecule has 0 saturated carbocycles. The van der Waals surface area contributed by atoms with Gasteiger partial charge < -0.3 is 10.1 Å². The molecule has 2 aromatic heterocycles. The molecular weight excluding hydrogens is 538 g/mol. The highest BCUT2D eigenvalue weighted by atomic mass is 32.2. The van der Waals surface area contributed by atoms with Gasteiger partial charge in [0.15, 0.2) is 11.6 Å². The highest BCUT2D eigenvalue weighted by Crippen LogP contribution is 2.25. The number of methoxy groups -OCH3 is 1. The highest BCUT2D eigenvalue weighted by molar-refractivity contribution is 7.90. The van der Waals surface area contributed by atoms with Crippen molar-refractivity contribution < 1.29 is 31.6 Å². The van der Waals surface area contributed by atoms with Crippen molar-refractivity contribution in [2.24, 2.45) is 7.05 Å². The number of anilines is 3. The number of aryl methyl sites for hydroxylation is 1. The van der Waals surface area contributed by atoms with Gasteiger partial charge in [-0.2, -0.15) is 13.1 Å². The van der Waals surface area contributed by atoms with Crippen molar-refractivity contribution in [3.63, 3.8) is 0 Å². The lowest BCUT2D eigenvalue weighted by molar-refractivity contribution is 0.0538. The van der Waals surface area contributed by atoms with Crippen LogP contribution in [0.2, 0.25) is 0 Å². The predicted molar refractivity (Wildman–Crippen MR) is 140 cm³/mol. The van der Waals surface area contributed by atoms with Gasteiger partial charge in [0.05, 0.1) is 25.0 Å². The maximum atomic E-state index is 15.2. The van der Waals surface area contributed by atoms with E-state index < -0.39 is 39.1 Å². The maximum absolute atomic E-state index is 15.2. The number of pyridine rings is 2. The third kappa shape index (κ3) is 7.35. The van der Waals surface area contributed by atoms with Crippen molar-refractivity contribution >= 4 is 33.4 Å². The lowest BCUT2D eigenvalue weighted by Gasteiger charge is -2.18. The SMILES string of the molecule is COCCNS(=O)(=O)Nc1nccc(Cc2cc(C(=O)NOC)c(Nc3ccc(C)cc3F)n(C)c2=O)c1F. The fourth-order valence-corrected chi connectivity index (χ4v) is 4.41. The van der Waals surface area contributed by atoms with E-state index >= 15 is 4.39 Å². The number of hydroxylamine groups is 1. The monoisotopic (exact) mass is 566 g/mol. The van der Waals surface area contributed by atoms with Crippen LogP contribution in [-0.2, 0) is 33.3 Å². The lowest BCUT2D eigenvalue weighted by atomic mass is 10.0. The summed E-state index contributed by atoms with van der Waals surface area (Å²) in [5.41, 5.74) is 2.06. The molecule has 15 heteroatoms. The Labute approximate surface area is 223 Å². The van der Waals surface area contributed by atoms with E-state index in [1.54, 1.807) is 13.0 Å². The van der Waals surface area contributed by atoms with Crippen LogP contribution in [0, 0.1) is 18.6 Å². The zero-order valence-corrected chi connectivity index (χ0v) is 22.4. The minimum absolute atomic E-state index is 0.00851. The van der Waals surface area contributed by atoms with Crippen LogP contribution >= 0.6 is 0 Å². The number of nitrogens with one attached hydrogen (secondary N) is 4. The first kappa shape index (κ1) is 29.6. The molecule has 39 heavy (non-hydrogen) atoms. The molecule has 1 amide bonds. The van der Waals surface area contributed by atoms with Gasteiger partial charge in [0, 0.05) is 38.9 Å². The number of hydrogen-bond donors (Lipinski definition) is 4. The molecule has 0 radical (unpaired) electrons. The number of ether oxygens (including phenoxy) is 1. The summed E-state index contributed by atoms with van der Waals surface area (Å²) < 4.78 is 64.1. The number of carbonyl (C=O) groups is 1. The Kier molecular flexibility index (Phi) is 9.69. The summed E-state index contributed by atoms with van der Waals surface area (Å²) >= 11 is 0. The molecule has 3 aromatic rings. The number of aromatic nitrogens is 2. The topological polar surface area (TPSA) is 153 Å². The summed E-state index contributed by atoms with van der Waals surface area (Å²) in [6.45, 7) is 1.75. The van der Waals surface area contributed by atoms with Crippen LogP contribution < -0.4 is 25.8 Å². The van der Waals surface area contributed by atoms with Crippen LogP contribution in [-0.4, -0.2) is 51.2 Å². The highest BCUT2D eigenvalue weighted by Gasteiger charge is 2.22. The van der Waals surface area contributed by atoms with E-state index in [1.165, 1.54) is 51.7 Å². The van der Waals surface area contributed by atoms with E-state index in [2.05, 4.69) is 20.5 Å². The Morgan fingerprint density at radius 3 is 2.54 bits per heavy atom. The van der Waals surface area contributed by atoms with E-state index in [4.69, 9.17) is 9.57 Å². The Balaban J connectivity index is 2.00. The van der Waals surface area contributed by atoms with Gasteiger partial charge >= 0.3 is 0 Å². The summed E-state index contributed by atoms with van der Waals surface area (Å²) in [6, 6.07) is 6.89. The summed E-state index contributed by atoms with van der Waals surface area (Å²) in [7, 11) is -0.187. The molecule has 0 spiro atoms. The second kappa shape index (κ2) is 12.8. The summed E-state index contributed by atoms with van der Waals surface area (Å²) in [5, 5.41) is 2.77. The summed E-state index contributed by atoms with van der Waals surface area (Å²) in [4.78, 5) is 34.5. The lowest BCUT2D eigenvalue weighted by Crippen LogP contribution is -2.33. The van der Waals surface area contributed by atoms with Crippen LogP contribution in [0.15, 0.2) is 41.3 Å². The predicted octanol–water partition coefficient (Wildman–Crippen LogP) is 1.89. The number of rotatable bonds is 12. The van der Waals surface area contributed by atoms with Gasteiger partial charge in [0.1, 0.15) is 11.6 Å². The molecule has 3 rings (SSSR count). The first-order valence-electron chi connectivity index (χ1n) is 11.5. The van der Waals surface area contributed by atoms with E-state index in [-0.39, 0.29) is 47.8 Å². The fraction of sp³-hybridized carbons (Fsp3) is 0.292. The van der Waals surface area contributed by atoms with Gasteiger partial charge in [-0.05, 0) is 42.3 Å². The van der Waals surface area contributed by atoms with Crippen molar-refractivity contribution in [3.8, 4) is 0 Å². The third-order valence-corrected chi connectivity index (χ3v) is 6.53. The second-order valence-corrected chi connectivity index (χ2v) is 9.84. The smallest absolute Gasteiger partial charge is 0.300 e. The van der Waals surface area contributed by atoms with Gasteiger partial charge in [-0.15, -0.1) is 0 Å². The van der Waals surface area contributed by atoms with E-state index in [9.17, 15) is 22.4 Å². The Morgan fingerprint density at radius 2 is 1.87 bits per heavy atom. The van der Waals surface area contributed by atoms with Gasteiger partial charge in [0.25, 0.3) is 21.7 Å². The molecule has 0 aliphatic rings. The molecule has 4 N–H and O–H groups in total. The van der Waals surface area contributed by atoms with Gasteiger partial charge in [-0.1, -0.05) is 6.07 Å². The minimum Gasteiger partial charge on any atom is -0.383 e. The average Bonchev–Trinajstić information content (AvgIpc) is 2.87. The summed E-state index contributed by atoms with van der Waals surface area (Å²) in [5.74, 6) is -2.99. The number of halogens is 2. The summed E-state index contributed by atoms with van der Waals surface area (Å²) in [6.07, 6.45) is 0.851. The first-order valence-corrected chi connectivity index (χ1v) is 12.9. The van der Waals surface area contributed by atoms with Crippen LogP contribution in [0.25, 0.3) is 0 Å².